The second-order valence-corrected chi connectivity index (χ2v) is 8.56. The monoisotopic (exact) mass is 389 g/mol. The van der Waals surface area contributed by atoms with Gasteiger partial charge in [-0.05, 0) is 49.4 Å². The van der Waals surface area contributed by atoms with Gasteiger partial charge in [0.2, 0.25) is 10.0 Å². The normalized spacial score (nSPS) is 15.6. The minimum absolute atomic E-state index is 0. The molecular weight excluding hydrogens is 362 g/mol. The first-order valence-corrected chi connectivity index (χ1v) is 9.82. The summed E-state index contributed by atoms with van der Waals surface area (Å²) >= 11 is 0. The van der Waals surface area contributed by atoms with E-state index in [2.05, 4.69) is 18.6 Å². The van der Waals surface area contributed by atoms with Crippen LogP contribution in [0.3, 0.4) is 0 Å². The molecule has 0 spiro atoms. The molecule has 8 heteroatoms. The van der Waals surface area contributed by atoms with E-state index >= 15 is 0 Å². The number of halogens is 1. The van der Waals surface area contributed by atoms with Crippen LogP contribution < -0.4 is 10.5 Å². The number of hydrogen-bond donors (Lipinski definition) is 2. The number of nitrogens with two attached hydrogens (primary N) is 1. The number of amides is 1. The van der Waals surface area contributed by atoms with Gasteiger partial charge in [-0.15, -0.1) is 12.4 Å². The van der Waals surface area contributed by atoms with Crippen LogP contribution in [0.4, 0.5) is 0 Å². The minimum atomic E-state index is -3.48. The first kappa shape index (κ1) is 21.9. The predicted octanol–water partition coefficient (Wildman–Crippen LogP) is 1.99. The number of nitrogens with one attached hydrogen (secondary N) is 1. The highest BCUT2D eigenvalue weighted by Gasteiger charge is 2.28. The zero-order chi connectivity index (χ0) is 17.9. The summed E-state index contributed by atoms with van der Waals surface area (Å²) in [6.45, 7) is 4.68. The first-order chi connectivity index (χ1) is 11.2. The van der Waals surface area contributed by atoms with E-state index in [1.54, 1.807) is 24.1 Å². The summed E-state index contributed by atoms with van der Waals surface area (Å²) < 4.78 is 26.9. The Morgan fingerprint density at radius 2 is 1.84 bits per heavy atom. The highest BCUT2D eigenvalue weighted by atomic mass is 35.5. The molecule has 1 aromatic carbocycles. The van der Waals surface area contributed by atoms with Gasteiger partial charge in [0.1, 0.15) is 0 Å². The number of nitrogens with zero attached hydrogens (tertiary/aromatic N) is 1. The highest BCUT2D eigenvalue weighted by molar-refractivity contribution is 7.89. The molecule has 0 radical (unpaired) electrons. The van der Waals surface area contributed by atoms with Crippen molar-refractivity contribution in [2.24, 2.45) is 11.7 Å². The second kappa shape index (κ2) is 8.98. The van der Waals surface area contributed by atoms with Crippen LogP contribution in [0.15, 0.2) is 29.2 Å². The van der Waals surface area contributed by atoms with Gasteiger partial charge < -0.3 is 10.6 Å². The third-order valence-electron chi connectivity index (χ3n) is 4.31. The zero-order valence-corrected chi connectivity index (χ0v) is 16.6. The molecule has 0 bridgehead atoms. The molecule has 1 saturated carbocycles. The van der Waals surface area contributed by atoms with E-state index in [1.165, 1.54) is 12.1 Å². The van der Waals surface area contributed by atoms with Crippen molar-refractivity contribution in [1.82, 2.24) is 9.62 Å². The molecule has 3 N–H and O–H groups in total. The van der Waals surface area contributed by atoms with Crippen LogP contribution in [0.5, 0.6) is 0 Å². The largest absolute Gasteiger partial charge is 0.342 e. The van der Waals surface area contributed by atoms with Crippen molar-refractivity contribution in [3.8, 4) is 0 Å². The lowest BCUT2D eigenvalue weighted by molar-refractivity contribution is 0.0789. The van der Waals surface area contributed by atoms with E-state index in [0.29, 0.717) is 18.0 Å². The molecule has 1 aromatic rings. The zero-order valence-electron chi connectivity index (χ0n) is 14.9. The topological polar surface area (TPSA) is 92.5 Å². The van der Waals surface area contributed by atoms with Crippen molar-refractivity contribution in [3.05, 3.63) is 29.8 Å². The molecular formula is C17H28ClN3O3S. The van der Waals surface area contributed by atoms with E-state index in [4.69, 9.17) is 5.73 Å². The van der Waals surface area contributed by atoms with Crippen LogP contribution in [0.2, 0.25) is 0 Å². The molecule has 1 aliphatic carbocycles. The second-order valence-electron chi connectivity index (χ2n) is 6.84. The van der Waals surface area contributed by atoms with Crippen LogP contribution in [0.25, 0.3) is 0 Å². The lowest BCUT2D eigenvalue weighted by atomic mass is 10.0. The molecule has 0 saturated heterocycles. The van der Waals surface area contributed by atoms with Gasteiger partial charge in [-0.1, -0.05) is 13.8 Å². The summed E-state index contributed by atoms with van der Waals surface area (Å²) in [6, 6.07) is 6.19. The van der Waals surface area contributed by atoms with Crippen LogP contribution in [0, 0.1) is 5.92 Å². The smallest absolute Gasteiger partial charge is 0.253 e. The SMILES string of the molecule is CC(C)C(N)CCN(C)C(=O)c1ccc(S(=O)(=O)NC2CC2)cc1.Cl. The van der Waals surface area contributed by atoms with Gasteiger partial charge >= 0.3 is 0 Å². The van der Waals surface area contributed by atoms with Gasteiger partial charge in [-0.25, -0.2) is 13.1 Å². The summed E-state index contributed by atoms with van der Waals surface area (Å²) in [6.07, 6.45) is 2.51. The van der Waals surface area contributed by atoms with E-state index in [0.717, 1.165) is 19.3 Å². The molecule has 1 fully saturated rings. The van der Waals surface area contributed by atoms with Gasteiger partial charge in [0.05, 0.1) is 4.90 Å². The number of carbonyl (C=O) groups is 1. The Morgan fingerprint density at radius 3 is 2.32 bits per heavy atom. The van der Waals surface area contributed by atoms with Gasteiger partial charge in [-0.2, -0.15) is 0 Å². The molecule has 1 unspecified atom stereocenters. The molecule has 1 aliphatic rings. The van der Waals surface area contributed by atoms with Crippen molar-refractivity contribution in [2.75, 3.05) is 13.6 Å². The van der Waals surface area contributed by atoms with Gasteiger partial charge in [0.25, 0.3) is 5.91 Å². The van der Waals surface area contributed by atoms with Crippen molar-refractivity contribution in [2.45, 2.75) is 50.1 Å². The molecule has 2 rings (SSSR count). The van der Waals surface area contributed by atoms with Crippen LogP contribution in [-0.4, -0.2) is 44.9 Å². The van der Waals surface area contributed by atoms with Crippen molar-refractivity contribution in [3.63, 3.8) is 0 Å². The molecule has 25 heavy (non-hydrogen) atoms. The fraction of sp³-hybridized carbons (Fsp3) is 0.588. The molecule has 0 heterocycles. The molecule has 6 nitrogen and oxygen atoms in total. The van der Waals surface area contributed by atoms with E-state index < -0.39 is 10.0 Å². The fourth-order valence-electron chi connectivity index (χ4n) is 2.26. The maximum Gasteiger partial charge on any atom is 0.253 e. The third kappa shape index (κ3) is 6.26. The summed E-state index contributed by atoms with van der Waals surface area (Å²) in [5, 5.41) is 0. The number of hydrogen-bond acceptors (Lipinski definition) is 4. The molecule has 1 atom stereocenters. The van der Waals surface area contributed by atoms with Crippen LogP contribution in [0.1, 0.15) is 43.5 Å². The Kier molecular flexibility index (Phi) is 7.87. The standard InChI is InChI=1S/C17H27N3O3S.ClH/c1-12(2)16(18)10-11-20(3)17(21)13-4-8-15(9-5-13)24(22,23)19-14-6-7-14;/h4-5,8-9,12,14,16,19H,6-7,10-11,18H2,1-3H3;1H. The number of carbonyl (C=O) groups excluding carboxylic acids is 1. The molecule has 1 amide bonds. The summed E-state index contributed by atoms with van der Waals surface area (Å²) in [5.41, 5.74) is 6.48. The Hall–Kier alpha value is -1.15. The van der Waals surface area contributed by atoms with E-state index in [9.17, 15) is 13.2 Å². The van der Waals surface area contributed by atoms with E-state index in [-0.39, 0.29) is 35.3 Å². The lowest BCUT2D eigenvalue weighted by Crippen LogP contribution is -2.34. The predicted molar refractivity (Wildman–Crippen MR) is 101 cm³/mol. The number of rotatable bonds is 8. The van der Waals surface area contributed by atoms with Gasteiger partial charge in [0.15, 0.2) is 0 Å². The Morgan fingerprint density at radius 1 is 1.28 bits per heavy atom. The lowest BCUT2D eigenvalue weighted by Gasteiger charge is -2.21. The Bertz CT molecular complexity index is 673. The molecule has 142 valence electrons. The van der Waals surface area contributed by atoms with Crippen LogP contribution >= 0.6 is 12.4 Å². The Balaban J connectivity index is 0.00000312. The van der Waals surface area contributed by atoms with Crippen molar-refractivity contribution in [1.29, 1.82) is 0 Å². The maximum absolute atomic E-state index is 12.4. The maximum atomic E-state index is 12.4. The van der Waals surface area contributed by atoms with Gasteiger partial charge in [0, 0.05) is 31.2 Å². The summed E-state index contributed by atoms with van der Waals surface area (Å²) in [5.74, 6) is 0.238. The quantitative estimate of drug-likeness (QED) is 0.711. The van der Waals surface area contributed by atoms with Gasteiger partial charge in [-0.3, -0.25) is 4.79 Å². The summed E-state index contributed by atoms with van der Waals surface area (Å²) in [7, 11) is -1.75. The number of sulfonamides is 1. The average Bonchev–Trinajstić information content (AvgIpc) is 3.34. The van der Waals surface area contributed by atoms with Crippen molar-refractivity contribution >= 4 is 28.3 Å². The first-order valence-electron chi connectivity index (χ1n) is 8.34. The van der Waals surface area contributed by atoms with E-state index in [1.807, 2.05) is 0 Å². The minimum Gasteiger partial charge on any atom is -0.342 e. The highest BCUT2D eigenvalue weighted by Crippen LogP contribution is 2.22. The van der Waals surface area contributed by atoms with Crippen LogP contribution in [-0.2, 0) is 10.0 Å². The molecule has 0 aromatic heterocycles. The third-order valence-corrected chi connectivity index (χ3v) is 5.85. The Labute approximate surface area is 156 Å². The molecule has 0 aliphatic heterocycles. The van der Waals surface area contributed by atoms with Crippen molar-refractivity contribution < 1.29 is 13.2 Å². The fourth-order valence-corrected chi connectivity index (χ4v) is 3.57. The number of benzene rings is 1. The summed E-state index contributed by atoms with van der Waals surface area (Å²) in [4.78, 5) is 14.2. The average molecular weight is 390 g/mol.